The predicted molar refractivity (Wildman–Crippen MR) is 70.2 cm³/mol. The lowest BCUT2D eigenvalue weighted by molar-refractivity contribution is 0.400. The molecular weight excluding hydrogens is 204 g/mol. The second-order valence-corrected chi connectivity index (χ2v) is 5.46. The molecule has 0 aromatic heterocycles. The van der Waals surface area contributed by atoms with Gasteiger partial charge >= 0.3 is 0 Å². The van der Waals surface area contributed by atoms with Gasteiger partial charge in [0.1, 0.15) is 0 Å². The van der Waals surface area contributed by atoms with Crippen molar-refractivity contribution < 1.29 is 0 Å². The molecule has 0 heterocycles. The fraction of sp³-hybridized carbons (Fsp3) is 0.294. The monoisotopic (exact) mass is 220 g/mol. The van der Waals surface area contributed by atoms with Gasteiger partial charge in [0.2, 0.25) is 0 Å². The fourth-order valence-electron chi connectivity index (χ4n) is 3.74. The lowest BCUT2D eigenvalue weighted by Gasteiger charge is -2.37. The largest absolute Gasteiger partial charge is 0.0620 e. The molecule has 0 spiro atoms. The summed E-state index contributed by atoms with van der Waals surface area (Å²) in [5.41, 5.74) is 6.33. The van der Waals surface area contributed by atoms with E-state index >= 15 is 0 Å². The minimum atomic E-state index is 0.662. The number of hydrogen-bond donors (Lipinski definition) is 0. The number of rotatable bonds is 0. The maximum atomic E-state index is 2.33. The summed E-state index contributed by atoms with van der Waals surface area (Å²) in [6.07, 6.45) is 3.91. The van der Waals surface area contributed by atoms with Crippen LogP contribution in [-0.4, -0.2) is 0 Å². The van der Waals surface area contributed by atoms with Gasteiger partial charge in [-0.2, -0.15) is 0 Å². The summed E-state index contributed by atoms with van der Waals surface area (Å²) in [5.74, 6) is 1.53. The Morgan fingerprint density at radius 1 is 0.706 bits per heavy atom. The standard InChI is InChI=1S/C17H16/c1-3-7-15-13(5-1)9-12-10-14-6-2-4-8-16(14)17(15)11-12/h1-8,12,17H,9-11H2. The summed E-state index contributed by atoms with van der Waals surface area (Å²) in [6, 6.07) is 18.1. The second-order valence-electron chi connectivity index (χ2n) is 5.46. The normalized spacial score (nSPS) is 24.9. The van der Waals surface area contributed by atoms with Crippen LogP contribution < -0.4 is 0 Å². The SMILES string of the molecule is c1ccc2c(c1)CC1Cc3ccccc3C2C1. The summed E-state index contributed by atoms with van der Waals surface area (Å²) >= 11 is 0. The molecule has 0 unspecified atom stereocenters. The third-order valence-corrected chi connectivity index (χ3v) is 4.45. The van der Waals surface area contributed by atoms with Crippen molar-refractivity contribution in [1.82, 2.24) is 0 Å². The van der Waals surface area contributed by atoms with Crippen molar-refractivity contribution in [2.24, 2.45) is 5.92 Å². The van der Waals surface area contributed by atoms with Crippen LogP contribution in [0.3, 0.4) is 0 Å². The Labute approximate surface area is 102 Å². The van der Waals surface area contributed by atoms with Gasteiger partial charge in [-0.1, -0.05) is 48.5 Å². The number of fused-ring (bicyclic) bond motifs is 6. The van der Waals surface area contributed by atoms with E-state index in [0.29, 0.717) is 5.92 Å². The van der Waals surface area contributed by atoms with Gasteiger partial charge < -0.3 is 0 Å². The molecule has 2 aromatic carbocycles. The van der Waals surface area contributed by atoms with Crippen molar-refractivity contribution >= 4 is 0 Å². The molecule has 0 fully saturated rings. The average Bonchev–Trinajstić information content (AvgIpc) is 2.39. The minimum absolute atomic E-state index is 0.662. The molecule has 0 atom stereocenters. The molecule has 2 bridgehead atoms. The molecule has 2 aromatic rings. The van der Waals surface area contributed by atoms with E-state index in [1.54, 1.807) is 22.3 Å². The van der Waals surface area contributed by atoms with E-state index in [2.05, 4.69) is 48.5 Å². The quantitative estimate of drug-likeness (QED) is 0.631. The van der Waals surface area contributed by atoms with Gasteiger partial charge in [0, 0.05) is 5.92 Å². The Hall–Kier alpha value is -1.56. The smallest absolute Gasteiger partial charge is 0.00976 e. The van der Waals surface area contributed by atoms with Gasteiger partial charge in [-0.25, -0.2) is 0 Å². The highest BCUT2D eigenvalue weighted by Crippen LogP contribution is 2.45. The van der Waals surface area contributed by atoms with Crippen LogP contribution in [0.4, 0.5) is 0 Å². The molecule has 0 amide bonds. The van der Waals surface area contributed by atoms with Crippen LogP contribution in [0.5, 0.6) is 0 Å². The first-order valence-corrected chi connectivity index (χ1v) is 6.57. The molecule has 0 saturated heterocycles. The lowest BCUT2D eigenvalue weighted by Crippen LogP contribution is -2.26. The van der Waals surface area contributed by atoms with Crippen molar-refractivity contribution in [1.29, 1.82) is 0 Å². The van der Waals surface area contributed by atoms with Gasteiger partial charge in [-0.15, -0.1) is 0 Å². The molecular formula is C17H16. The van der Waals surface area contributed by atoms with Crippen molar-refractivity contribution in [3.63, 3.8) is 0 Å². The molecule has 2 aliphatic rings. The maximum Gasteiger partial charge on any atom is 0.00976 e. The van der Waals surface area contributed by atoms with Gasteiger partial charge in [0.15, 0.2) is 0 Å². The van der Waals surface area contributed by atoms with Crippen LogP contribution in [0.15, 0.2) is 48.5 Å². The molecule has 0 nitrogen and oxygen atoms in total. The van der Waals surface area contributed by atoms with Gasteiger partial charge in [-0.05, 0) is 47.4 Å². The molecule has 0 heteroatoms. The zero-order chi connectivity index (χ0) is 11.2. The summed E-state index contributed by atoms with van der Waals surface area (Å²) in [6.45, 7) is 0. The van der Waals surface area contributed by atoms with Crippen molar-refractivity contribution in [3.05, 3.63) is 70.8 Å². The van der Waals surface area contributed by atoms with Crippen molar-refractivity contribution in [2.45, 2.75) is 25.2 Å². The van der Waals surface area contributed by atoms with E-state index in [1.807, 2.05) is 0 Å². The van der Waals surface area contributed by atoms with E-state index in [1.165, 1.54) is 19.3 Å². The predicted octanol–water partition coefficient (Wildman–Crippen LogP) is 3.94. The summed E-state index contributed by atoms with van der Waals surface area (Å²) < 4.78 is 0. The van der Waals surface area contributed by atoms with Gasteiger partial charge in [0.25, 0.3) is 0 Å². The Bertz CT molecular complexity index is 518. The third-order valence-electron chi connectivity index (χ3n) is 4.45. The first-order valence-electron chi connectivity index (χ1n) is 6.57. The number of hydrogen-bond acceptors (Lipinski definition) is 0. The van der Waals surface area contributed by atoms with Crippen LogP contribution in [0.1, 0.15) is 34.6 Å². The van der Waals surface area contributed by atoms with Gasteiger partial charge in [0.05, 0.1) is 0 Å². The van der Waals surface area contributed by atoms with Crippen LogP contribution in [0.25, 0.3) is 0 Å². The van der Waals surface area contributed by atoms with E-state index in [0.717, 1.165) is 5.92 Å². The molecule has 0 N–H and O–H groups in total. The minimum Gasteiger partial charge on any atom is -0.0620 e. The first-order chi connectivity index (χ1) is 8.42. The van der Waals surface area contributed by atoms with Crippen molar-refractivity contribution in [2.75, 3.05) is 0 Å². The average molecular weight is 220 g/mol. The van der Waals surface area contributed by atoms with Crippen LogP contribution in [-0.2, 0) is 12.8 Å². The summed E-state index contributed by atoms with van der Waals surface area (Å²) in [4.78, 5) is 0. The molecule has 0 aliphatic heterocycles. The zero-order valence-corrected chi connectivity index (χ0v) is 9.89. The fourth-order valence-corrected chi connectivity index (χ4v) is 3.74. The highest BCUT2D eigenvalue weighted by Gasteiger charge is 2.33. The van der Waals surface area contributed by atoms with Crippen LogP contribution in [0, 0.1) is 5.92 Å². The highest BCUT2D eigenvalue weighted by molar-refractivity contribution is 5.46. The first kappa shape index (κ1) is 9.47. The van der Waals surface area contributed by atoms with Crippen LogP contribution in [0.2, 0.25) is 0 Å². The molecule has 0 radical (unpaired) electrons. The van der Waals surface area contributed by atoms with E-state index in [4.69, 9.17) is 0 Å². The van der Waals surface area contributed by atoms with E-state index in [-0.39, 0.29) is 0 Å². The molecule has 0 saturated carbocycles. The Kier molecular flexibility index (Phi) is 1.93. The summed E-state index contributed by atoms with van der Waals surface area (Å²) in [7, 11) is 0. The lowest BCUT2D eigenvalue weighted by atomic mass is 9.67. The van der Waals surface area contributed by atoms with E-state index in [9.17, 15) is 0 Å². The molecule has 17 heavy (non-hydrogen) atoms. The molecule has 4 rings (SSSR count). The van der Waals surface area contributed by atoms with Gasteiger partial charge in [-0.3, -0.25) is 0 Å². The Balaban J connectivity index is 1.94. The third kappa shape index (κ3) is 1.37. The zero-order valence-electron chi connectivity index (χ0n) is 9.89. The van der Waals surface area contributed by atoms with Crippen molar-refractivity contribution in [3.8, 4) is 0 Å². The second kappa shape index (κ2) is 3.46. The highest BCUT2D eigenvalue weighted by atomic mass is 14.4. The summed E-state index contributed by atoms with van der Waals surface area (Å²) in [5, 5.41) is 0. The molecule has 2 aliphatic carbocycles. The van der Waals surface area contributed by atoms with E-state index < -0.39 is 0 Å². The van der Waals surface area contributed by atoms with Crippen LogP contribution >= 0.6 is 0 Å². The Morgan fingerprint density at radius 3 is 1.82 bits per heavy atom. The topological polar surface area (TPSA) is 0 Å². The maximum absolute atomic E-state index is 2.33. The molecule has 84 valence electrons. The Morgan fingerprint density at radius 2 is 1.24 bits per heavy atom. The number of benzene rings is 2.